The summed E-state index contributed by atoms with van der Waals surface area (Å²) in [5, 5.41) is 33.6. The van der Waals surface area contributed by atoms with Gasteiger partial charge in [-0.3, -0.25) is 4.79 Å². The van der Waals surface area contributed by atoms with Crippen LogP contribution in [0.2, 0.25) is 0 Å². The minimum atomic E-state index is -1.42. The number of aliphatic hydroxyl groups excluding tert-OH is 2. The molecule has 1 aliphatic rings. The molecule has 1 aliphatic carbocycles. The molecule has 0 bridgehead atoms. The van der Waals surface area contributed by atoms with Gasteiger partial charge in [0.05, 0.1) is 17.9 Å². The first-order valence-electron chi connectivity index (χ1n) is 12.3. The average molecular weight is 554 g/mol. The van der Waals surface area contributed by atoms with E-state index in [0.29, 0.717) is 22.6 Å². The Hall–Kier alpha value is -2.70. The van der Waals surface area contributed by atoms with Crippen molar-refractivity contribution in [2.45, 2.75) is 63.3 Å². The molecule has 4 rings (SSSR count). The molecule has 2 atom stereocenters. The SMILES string of the molecule is O=C([O-])C[C@H](O)C[C@H](O)CCn1c(-c2ccc(F)cc2)nc(C(=O)NCc2ccc(F)c(F)c2)c1C1CC1.[Na+]. The van der Waals surface area contributed by atoms with Crippen LogP contribution in [0.5, 0.6) is 0 Å². The third-order valence-electron chi connectivity index (χ3n) is 6.36. The van der Waals surface area contributed by atoms with Crippen molar-refractivity contribution in [3.63, 3.8) is 0 Å². The molecule has 1 aromatic heterocycles. The van der Waals surface area contributed by atoms with Gasteiger partial charge in [-0.05, 0) is 67.6 Å². The van der Waals surface area contributed by atoms with Gasteiger partial charge in [-0.15, -0.1) is 0 Å². The smallest absolute Gasteiger partial charge is 0.550 e. The quantitative estimate of drug-likeness (QED) is 0.258. The molecule has 0 unspecified atom stereocenters. The number of amides is 1. The molecule has 3 aromatic rings. The third-order valence-corrected chi connectivity index (χ3v) is 6.36. The summed E-state index contributed by atoms with van der Waals surface area (Å²) in [7, 11) is 0. The van der Waals surface area contributed by atoms with Crippen molar-refractivity contribution in [1.29, 1.82) is 0 Å². The summed E-state index contributed by atoms with van der Waals surface area (Å²) in [6.07, 6.45) is -1.33. The maximum atomic E-state index is 13.6. The predicted molar refractivity (Wildman–Crippen MR) is 128 cm³/mol. The summed E-state index contributed by atoms with van der Waals surface area (Å²) in [6.45, 7) is 0.134. The molecular weight excluding hydrogens is 526 g/mol. The van der Waals surface area contributed by atoms with Gasteiger partial charge in [0.1, 0.15) is 17.3 Å². The fraction of sp³-hybridized carbons (Fsp3) is 0.370. The number of rotatable bonds is 12. The van der Waals surface area contributed by atoms with Gasteiger partial charge < -0.3 is 30.0 Å². The summed E-state index contributed by atoms with van der Waals surface area (Å²) in [5.74, 6) is -4.00. The summed E-state index contributed by atoms with van der Waals surface area (Å²) in [4.78, 5) is 28.5. The van der Waals surface area contributed by atoms with Crippen LogP contribution in [0.1, 0.15) is 59.8 Å². The normalized spacial score (nSPS) is 14.4. The molecular formula is C27H27F3N3NaO5. The van der Waals surface area contributed by atoms with Crippen LogP contribution in [0, 0.1) is 17.5 Å². The van der Waals surface area contributed by atoms with E-state index in [1.165, 1.54) is 30.3 Å². The Balaban J connectivity index is 0.00000420. The average Bonchev–Trinajstić information content (AvgIpc) is 3.63. The van der Waals surface area contributed by atoms with Crippen molar-refractivity contribution in [3.8, 4) is 11.4 Å². The molecule has 39 heavy (non-hydrogen) atoms. The van der Waals surface area contributed by atoms with E-state index < -0.39 is 48.0 Å². The maximum Gasteiger partial charge on any atom is 1.00 e. The Morgan fingerprint density at radius 3 is 2.36 bits per heavy atom. The molecule has 0 spiro atoms. The molecule has 12 heteroatoms. The van der Waals surface area contributed by atoms with E-state index >= 15 is 0 Å². The number of imidazole rings is 1. The van der Waals surface area contributed by atoms with E-state index in [0.717, 1.165) is 25.0 Å². The monoisotopic (exact) mass is 553 g/mol. The van der Waals surface area contributed by atoms with Gasteiger partial charge in [0.2, 0.25) is 0 Å². The summed E-state index contributed by atoms with van der Waals surface area (Å²) in [6, 6.07) is 8.90. The van der Waals surface area contributed by atoms with Crippen LogP contribution in [-0.4, -0.2) is 43.8 Å². The van der Waals surface area contributed by atoms with Crippen LogP contribution >= 0.6 is 0 Å². The third kappa shape index (κ3) is 8.15. The Bertz CT molecular complexity index is 1310. The second kappa shape index (κ2) is 13.6. The summed E-state index contributed by atoms with van der Waals surface area (Å²) >= 11 is 0. The molecule has 8 nitrogen and oxygen atoms in total. The second-order valence-electron chi connectivity index (χ2n) is 9.44. The van der Waals surface area contributed by atoms with E-state index in [1.807, 2.05) is 0 Å². The van der Waals surface area contributed by atoms with Crippen molar-refractivity contribution >= 4 is 11.9 Å². The first-order valence-corrected chi connectivity index (χ1v) is 12.3. The minimum absolute atomic E-state index is 0. The minimum Gasteiger partial charge on any atom is -0.550 e. The van der Waals surface area contributed by atoms with Crippen LogP contribution in [0.3, 0.4) is 0 Å². The molecule has 202 valence electrons. The van der Waals surface area contributed by atoms with Crippen LogP contribution in [0.25, 0.3) is 11.4 Å². The standard InChI is InChI=1S/C27H28F3N3O5.Na/c28-18-6-4-17(5-7-18)26-32-24(27(38)31-14-15-1-8-21(29)22(30)11-15)25(16-2-3-16)33(26)10-9-19(34)12-20(35)13-23(36)37;/h1,4-8,11,16,19-20,34-35H,2-3,9-10,12-14H2,(H,31,38)(H,36,37);/q;+1/p-1/t19-,20-;/m1./s1. The van der Waals surface area contributed by atoms with Crippen molar-refractivity contribution in [2.24, 2.45) is 0 Å². The number of halogens is 3. The first kappa shape index (κ1) is 30.8. The maximum absolute atomic E-state index is 13.6. The number of hydrogen-bond acceptors (Lipinski definition) is 6. The van der Waals surface area contributed by atoms with Crippen LogP contribution in [0.15, 0.2) is 42.5 Å². The molecule has 1 fully saturated rings. The fourth-order valence-corrected chi connectivity index (χ4v) is 4.35. The first-order chi connectivity index (χ1) is 18.1. The van der Waals surface area contributed by atoms with Crippen molar-refractivity contribution in [1.82, 2.24) is 14.9 Å². The molecule has 1 saturated carbocycles. The predicted octanol–water partition coefficient (Wildman–Crippen LogP) is -0.579. The number of carbonyl (C=O) groups is 2. The van der Waals surface area contributed by atoms with Gasteiger partial charge in [0.15, 0.2) is 11.6 Å². The van der Waals surface area contributed by atoms with E-state index in [4.69, 9.17) is 0 Å². The Labute approximate surface area is 245 Å². The number of benzene rings is 2. The van der Waals surface area contributed by atoms with Gasteiger partial charge in [-0.2, -0.15) is 0 Å². The molecule has 0 aliphatic heterocycles. The second-order valence-corrected chi connectivity index (χ2v) is 9.44. The van der Waals surface area contributed by atoms with E-state index in [9.17, 15) is 38.1 Å². The van der Waals surface area contributed by atoms with Crippen LogP contribution in [0.4, 0.5) is 13.2 Å². The van der Waals surface area contributed by atoms with Crippen LogP contribution in [-0.2, 0) is 17.9 Å². The summed E-state index contributed by atoms with van der Waals surface area (Å²) in [5.41, 5.74) is 1.68. The number of hydrogen-bond donors (Lipinski definition) is 3. The number of carboxylic acid groups (broad SMARTS) is 1. The van der Waals surface area contributed by atoms with E-state index in [2.05, 4.69) is 10.3 Å². The van der Waals surface area contributed by atoms with Gasteiger partial charge in [0, 0.05) is 37.0 Å². The van der Waals surface area contributed by atoms with Gasteiger partial charge >= 0.3 is 29.6 Å². The number of aliphatic hydroxyl groups is 2. The molecule has 0 radical (unpaired) electrons. The number of aromatic nitrogens is 2. The van der Waals surface area contributed by atoms with Crippen LogP contribution < -0.4 is 40.0 Å². The molecule has 1 heterocycles. The molecule has 0 saturated heterocycles. The number of carboxylic acids is 1. The topological polar surface area (TPSA) is 128 Å². The zero-order valence-corrected chi connectivity index (χ0v) is 23.4. The van der Waals surface area contributed by atoms with Gasteiger partial charge in [-0.25, -0.2) is 18.2 Å². The van der Waals surface area contributed by atoms with Gasteiger partial charge in [0.25, 0.3) is 5.91 Å². The van der Waals surface area contributed by atoms with Crippen molar-refractivity contribution in [3.05, 3.63) is 76.9 Å². The largest absolute Gasteiger partial charge is 1.00 e. The van der Waals surface area contributed by atoms with Gasteiger partial charge in [-0.1, -0.05) is 6.07 Å². The number of carbonyl (C=O) groups excluding carboxylic acids is 2. The van der Waals surface area contributed by atoms with Crippen molar-refractivity contribution in [2.75, 3.05) is 0 Å². The fourth-order valence-electron chi connectivity index (χ4n) is 4.35. The Morgan fingerprint density at radius 1 is 1.05 bits per heavy atom. The number of nitrogens with one attached hydrogen (secondary N) is 1. The summed E-state index contributed by atoms with van der Waals surface area (Å²) < 4.78 is 42.2. The van der Waals surface area contributed by atoms with Crippen molar-refractivity contribution < 1.29 is 67.6 Å². The number of nitrogens with zero attached hydrogens (tertiary/aromatic N) is 2. The zero-order valence-electron chi connectivity index (χ0n) is 21.4. The molecule has 2 aromatic carbocycles. The molecule has 1 amide bonds. The van der Waals surface area contributed by atoms with E-state index in [-0.39, 0.29) is 67.1 Å². The Morgan fingerprint density at radius 2 is 1.74 bits per heavy atom. The van der Waals surface area contributed by atoms with E-state index in [1.54, 1.807) is 4.57 Å². The zero-order chi connectivity index (χ0) is 27.4. The molecule has 3 N–H and O–H groups in total. The Kier molecular flexibility index (Phi) is 10.7. The number of aliphatic carboxylic acids is 1.